The lowest BCUT2D eigenvalue weighted by molar-refractivity contribution is -0.323. The summed E-state index contributed by atoms with van der Waals surface area (Å²) < 4.78 is 36.7. The van der Waals surface area contributed by atoms with Crippen LogP contribution in [0, 0.1) is 0 Å². The summed E-state index contributed by atoms with van der Waals surface area (Å²) in [5.74, 6) is 0. The lowest BCUT2D eigenvalue weighted by Crippen LogP contribution is -2.23. The van der Waals surface area contributed by atoms with Crippen LogP contribution in [0.15, 0.2) is 0 Å². The zero-order valence-corrected chi connectivity index (χ0v) is 4.94. The van der Waals surface area contributed by atoms with Crippen molar-refractivity contribution in [2.24, 2.45) is 0 Å². The van der Waals surface area contributed by atoms with Crippen molar-refractivity contribution in [3.8, 4) is 0 Å². The van der Waals surface area contributed by atoms with E-state index in [1.54, 1.807) is 0 Å². The van der Waals surface area contributed by atoms with E-state index >= 15 is 0 Å². The van der Waals surface area contributed by atoms with E-state index in [0.29, 0.717) is 6.41 Å². The Kier molecular flexibility index (Phi) is 3.78. The predicted octanol–water partition coefficient (Wildman–Crippen LogP) is 0.269. The molecule has 0 aromatic heterocycles. The van der Waals surface area contributed by atoms with Gasteiger partial charge in [-0.2, -0.15) is 0 Å². The first-order valence-electron chi connectivity index (χ1n) is 2.44. The second-order valence-corrected chi connectivity index (χ2v) is 1.37. The fourth-order valence-electron chi connectivity index (χ4n) is 0.285. The van der Waals surface area contributed by atoms with Gasteiger partial charge in [-0.05, 0) is 0 Å². The monoisotopic (exact) mass is 157 g/mol. The van der Waals surface area contributed by atoms with E-state index in [1.807, 2.05) is 5.32 Å². The molecule has 0 saturated carbocycles. The van der Waals surface area contributed by atoms with Gasteiger partial charge in [-0.25, -0.2) is 0 Å². The summed E-state index contributed by atoms with van der Waals surface area (Å²) in [5.41, 5.74) is 0. The molecule has 0 unspecified atom stereocenters. The standard InChI is InChI=1S/C4H6F3NO2/c5-4(6,7)10-2-1-8-3-9/h3H,1-2H2,(H,8,9). The minimum absolute atomic E-state index is 0.136. The van der Waals surface area contributed by atoms with Crippen LogP contribution in [0.3, 0.4) is 0 Å². The van der Waals surface area contributed by atoms with Gasteiger partial charge in [0.25, 0.3) is 0 Å². The highest BCUT2D eigenvalue weighted by Gasteiger charge is 2.28. The van der Waals surface area contributed by atoms with Crippen molar-refractivity contribution >= 4 is 6.41 Å². The van der Waals surface area contributed by atoms with Crippen molar-refractivity contribution in [2.75, 3.05) is 13.2 Å². The molecule has 0 aliphatic carbocycles. The van der Waals surface area contributed by atoms with E-state index in [2.05, 4.69) is 4.74 Å². The summed E-state index contributed by atoms with van der Waals surface area (Å²) in [6.07, 6.45) is -4.30. The molecule has 0 aliphatic rings. The summed E-state index contributed by atoms with van der Waals surface area (Å²) in [6, 6.07) is 0. The molecule has 0 aromatic rings. The Bertz CT molecular complexity index is 103. The lowest BCUT2D eigenvalue weighted by Gasteiger charge is -2.05. The van der Waals surface area contributed by atoms with Crippen molar-refractivity contribution in [1.29, 1.82) is 0 Å². The summed E-state index contributed by atoms with van der Waals surface area (Å²) in [4.78, 5) is 9.48. The Morgan fingerprint density at radius 1 is 1.50 bits per heavy atom. The molecule has 0 atom stereocenters. The van der Waals surface area contributed by atoms with Crippen LogP contribution in [0.1, 0.15) is 0 Å². The van der Waals surface area contributed by atoms with Gasteiger partial charge in [-0.3, -0.25) is 9.53 Å². The summed E-state index contributed by atoms with van der Waals surface area (Å²) >= 11 is 0. The van der Waals surface area contributed by atoms with Gasteiger partial charge in [0, 0.05) is 6.54 Å². The molecule has 6 heteroatoms. The summed E-state index contributed by atoms with van der Waals surface area (Å²) in [5, 5.41) is 2.02. The molecule has 0 aromatic carbocycles. The largest absolute Gasteiger partial charge is 0.522 e. The van der Waals surface area contributed by atoms with Crippen LogP contribution in [-0.2, 0) is 9.53 Å². The van der Waals surface area contributed by atoms with Crippen molar-refractivity contribution in [3.63, 3.8) is 0 Å². The van der Waals surface area contributed by atoms with Crippen molar-refractivity contribution in [3.05, 3.63) is 0 Å². The first kappa shape index (κ1) is 9.22. The first-order valence-corrected chi connectivity index (χ1v) is 2.44. The Morgan fingerprint density at radius 2 is 2.10 bits per heavy atom. The van der Waals surface area contributed by atoms with Gasteiger partial charge in [0.2, 0.25) is 6.41 Å². The average molecular weight is 157 g/mol. The highest BCUT2D eigenvalue weighted by Crippen LogP contribution is 2.14. The molecule has 0 fully saturated rings. The molecular weight excluding hydrogens is 151 g/mol. The minimum Gasteiger partial charge on any atom is -0.356 e. The van der Waals surface area contributed by atoms with Crippen LogP contribution >= 0.6 is 0 Å². The van der Waals surface area contributed by atoms with Crippen LogP contribution in [0.2, 0.25) is 0 Å². The first-order chi connectivity index (χ1) is 4.56. The fourth-order valence-corrected chi connectivity index (χ4v) is 0.285. The Balaban J connectivity index is 3.12. The maximum Gasteiger partial charge on any atom is 0.522 e. The van der Waals surface area contributed by atoms with E-state index in [1.165, 1.54) is 0 Å². The molecule has 60 valence electrons. The number of nitrogens with one attached hydrogen (secondary N) is 1. The lowest BCUT2D eigenvalue weighted by atomic mass is 10.7. The highest BCUT2D eigenvalue weighted by molar-refractivity contribution is 5.45. The molecule has 1 N–H and O–H groups in total. The van der Waals surface area contributed by atoms with Gasteiger partial charge in [-0.1, -0.05) is 0 Å². The van der Waals surface area contributed by atoms with E-state index in [4.69, 9.17) is 0 Å². The number of rotatable bonds is 4. The zero-order chi connectivity index (χ0) is 8.04. The van der Waals surface area contributed by atoms with E-state index in [0.717, 1.165) is 0 Å². The van der Waals surface area contributed by atoms with Crippen LogP contribution in [-0.4, -0.2) is 25.9 Å². The summed E-state index contributed by atoms with van der Waals surface area (Å²) in [6.45, 7) is -0.689. The molecular formula is C4H6F3NO2. The highest BCUT2D eigenvalue weighted by atomic mass is 19.4. The minimum atomic E-state index is -4.61. The number of alkyl halides is 3. The molecule has 0 saturated heterocycles. The van der Waals surface area contributed by atoms with Gasteiger partial charge in [0.05, 0.1) is 6.61 Å². The Hall–Kier alpha value is -0.780. The molecule has 1 amide bonds. The third-order valence-corrected chi connectivity index (χ3v) is 0.595. The normalized spacial score (nSPS) is 11.1. The second-order valence-electron chi connectivity index (χ2n) is 1.37. The third-order valence-electron chi connectivity index (χ3n) is 0.595. The molecule has 10 heavy (non-hydrogen) atoms. The van der Waals surface area contributed by atoms with E-state index < -0.39 is 13.0 Å². The van der Waals surface area contributed by atoms with E-state index in [9.17, 15) is 18.0 Å². The number of carbonyl (C=O) groups excluding carboxylic acids is 1. The van der Waals surface area contributed by atoms with Crippen LogP contribution in [0.25, 0.3) is 0 Å². The quantitative estimate of drug-likeness (QED) is 0.469. The smallest absolute Gasteiger partial charge is 0.356 e. The number of hydrogen-bond donors (Lipinski definition) is 1. The Labute approximate surface area is 55.2 Å². The maximum atomic E-state index is 11.1. The average Bonchev–Trinajstić information content (AvgIpc) is 1.78. The predicted molar refractivity (Wildman–Crippen MR) is 26.1 cm³/mol. The van der Waals surface area contributed by atoms with Crippen molar-refractivity contribution in [1.82, 2.24) is 5.32 Å². The van der Waals surface area contributed by atoms with Gasteiger partial charge >= 0.3 is 6.36 Å². The molecule has 0 rings (SSSR count). The van der Waals surface area contributed by atoms with Crippen LogP contribution < -0.4 is 5.32 Å². The summed E-state index contributed by atoms with van der Waals surface area (Å²) in [7, 11) is 0. The van der Waals surface area contributed by atoms with Crippen molar-refractivity contribution in [2.45, 2.75) is 6.36 Å². The molecule has 0 bridgehead atoms. The number of carbonyl (C=O) groups is 1. The Morgan fingerprint density at radius 3 is 2.50 bits per heavy atom. The van der Waals surface area contributed by atoms with Gasteiger partial charge in [0.15, 0.2) is 0 Å². The number of ether oxygens (including phenoxy) is 1. The van der Waals surface area contributed by atoms with Gasteiger partial charge in [0.1, 0.15) is 0 Å². The van der Waals surface area contributed by atoms with E-state index in [-0.39, 0.29) is 6.54 Å². The number of halogens is 3. The third kappa shape index (κ3) is 7.22. The number of amides is 1. The molecule has 0 aliphatic heterocycles. The topological polar surface area (TPSA) is 38.3 Å². The zero-order valence-electron chi connectivity index (χ0n) is 4.94. The number of hydrogen-bond acceptors (Lipinski definition) is 2. The molecule has 0 spiro atoms. The van der Waals surface area contributed by atoms with Gasteiger partial charge < -0.3 is 5.32 Å². The molecule has 0 heterocycles. The fraction of sp³-hybridized carbons (Fsp3) is 0.750. The van der Waals surface area contributed by atoms with Crippen LogP contribution in [0.5, 0.6) is 0 Å². The molecule has 0 radical (unpaired) electrons. The second kappa shape index (κ2) is 4.10. The van der Waals surface area contributed by atoms with Crippen molar-refractivity contribution < 1.29 is 22.7 Å². The maximum absolute atomic E-state index is 11.1. The van der Waals surface area contributed by atoms with Gasteiger partial charge in [-0.15, -0.1) is 13.2 Å². The van der Waals surface area contributed by atoms with Crippen LogP contribution in [0.4, 0.5) is 13.2 Å². The SMILES string of the molecule is O=CNCCOC(F)(F)F. The molecule has 3 nitrogen and oxygen atoms in total.